The first-order valence-corrected chi connectivity index (χ1v) is 9.98. The zero-order valence-electron chi connectivity index (χ0n) is 17.0. The number of fused-ring (bicyclic) bond motifs is 1. The molecule has 3 aromatic rings. The molecule has 0 atom stereocenters. The van der Waals surface area contributed by atoms with E-state index < -0.39 is 17.8 Å². The van der Waals surface area contributed by atoms with E-state index in [0.29, 0.717) is 28.0 Å². The number of nitrogens with zero attached hydrogens (tertiary/aromatic N) is 1. The molecular formula is C25H19NO6. The van der Waals surface area contributed by atoms with Gasteiger partial charge in [-0.25, -0.2) is 4.79 Å². The fourth-order valence-corrected chi connectivity index (χ4v) is 3.34. The van der Waals surface area contributed by atoms with Gasteiger partial charge >= 0.3 is 5.97 Å². The van der Waals surface area contributed by atoms with E-state index in [1.807, 2.05) is 6.07 Å². The fourth-order valence-electron chi connectivity index (χ4n) is 3.34. The monoisotopic (exact) mass is 429 g/mol. The molecule has 1 aliphatic rings. The number of amides is 2. The molecule has 3 aromatic carbocycles. The number of hydrogen-bond donors (Lipinski definition) is 0. The third-order valence-electron chi connectivity index (χ3n) is 4.97. The van der Waals surface area contributed by atoms with Crippen LogP contribution in [-0.2, 0) is 9.53 Å². The molecule has 0 radical (unpaired) electrons. The fraction of sp³-hybridized carbons (Fsp3) is 0.120. The molecule has 0 aliphatic carbocycles. The van der Waals surface area contributed by atoms with Gasteiger partial charge in [-0.15, -0.1) is 0 Å². The van der Waals surface area contributed by atoms with Gasteiger partial charge in [-0.3, -0.25) is 19.3 Å². The van der Waals surface area contributed by atoms with Crippen LogP contribution in [0.2, 0.25) is 0 Å². The van der Waals surface area contributed by atoms with Gasteiger partial charge < -0.3 is 9.47 Å². The summed E-state index contributed by atoms with van der Waals surface area (Å²) >= 11 is 0. The van der Waals surface area contributed by atoms with Crippen molar-refractivity contribution in [2.24, 2.45) is 0 Å². The number of ether oxygens (including phenoxy) is 2. The zero-order valence-corrected chi connectivity index (χ0v) is 17.0. The van der Waals surface area contributed by atoms with Gasteiger partial charge in [-0.05, 0) is 36.4 Å². The van der Waals surface area contributed by atoms with Crippen LogP contribution < -0.4 is 4.74 Å². The Morgan fingerprint density at radius 3 is 1.91 bits per heavy atom. The number of hydrogen-bond acceptors (Lipinski definition) is 6. The van der Waals surface area contributed by atoms with Crippen molar-refractivity contribution in [2.45, 2.75) is 0 Å². The van der Waals surface area contributed by atoms with Gasteiger partial charge in [0.1, 0.15) is 12.4 Å². The predicted molar refractivity (Wildman–Crippen MR) is 115 cm³/mol. The molecule has 0 N–H and O–H groups in total. The second kappa shape index (κ2) is 9.26. The molecular weight excluding hydrogens is 410 g/mol. The number of rotatable bonds is 8. The molecule has 4 rings (SSSR count). The van der Waals surface area contributed by atoms with E-state index in [9.17, 15) is 19.2 Å². The van der Waals surface area contributed by atoms with E-state index in [1.165, 1.54) is 0 Å². The summed E-state index contributed by atoms with van der Waals surface area (Å²) in [5, 5.41) is 0. The zero-order chi connectivity index (χ0) is 22.5. The van der Waals surface area contributed by atoms with E-state index in [0.717, 1.165) is 4.90 Å². The highest BCUT2D eigenvalue weighted by atomic mass is 16.6. The Balaban J connectivity index is 1.23. The number of ketones is 1. The SMILES string of the molecule is O=C(COc1ccc(C(=O)c2ccccc2)cc1)OCCN1C(=O)c2ccccc2C1=O. The van der Waals surface area contributed by atoms with Crippen molar-refractivity contribution in [1.82, 2.24) is 4.90 Å². The average molecular weight is 429 g/mol. The molecule has 0 unspecified atom stereocenters. The molecule has 1 aliphatic heterocycles. The first kappa shape index (κ1) is 21.0. The van der Waals surface area contributed by atoms with Crippen LogP contribution in [0.15, 0.2) is 78.9 Å². The topological polar surface area (TPSA) is 90.0 Å². The van der Waals surface area contributed by atoms with Crippen LogP contribution in [0.5, 0.6) is 5.75 Å². The van der Waals surface area contributed by atoms with Gasteiger partial charge in [0, 0.05) is 11.1 Å². The highest BCUT2D eigenvalue weighted by molar-refractivity contribution is 6.21. The molecule has 0 saturated carbocycles. The number of carbonyl (C=O) groups excluding carboxylic acids is 4. The maximum absolute atomic E-state index is 12.4. The quantitative estimate of drug-likeness (QED) is 0.310. The second-order valence-corrected chi connectivity index (χ2v) is 7.04. The van der Waals surface area contributed by atoms with Crippen molar-refractivity contribution in [1.29, 1.82) is 0 Å². The van der Waals surface area contributed by atoms with Crippen molar-refractivity contribution in [3.8, 4) is 5.75 Å². The normalized spacial score (nSPS) is 12.4. The van der Waals surface area contributed by atoms with Gasteiger partial charge in [0.05, 0.1) is 17.7 Å². The van der Waals surface area contributed by atoms with E-state index in [1.54, 1.807) is 72.8 Å². The summed E-state index contributed by atoms with van der Waals surface area (Å²) < 4.78 is 10.5. The molecule has 0 spiro atoms. The Hall–Kier alpha value is -4.26. The Morgan fingerprint density at radius 1 is 0.719 bits per heavy atom. The van der Waals surface area contributed by atoms with Crippen LogP contribution in [0.4, 0.5) is 0 Å². The molecule has 0 saturated heterocycles. The van der Waals surface area contributed by atoms with Crippen LogP contribution in [0.25, 0.3) is 0 Å². The molecule has 2 amide bonds. The van der Waals surface area contributed by atoms with Crippen molar-refractivity contribution in [3.05, 3.63) is 101 Å². The molecule has 1 heterocycles. The summed E-state index contributed by atoms with van der Waals surface area (Å²) in [5.41, 5.74) is 1.79. The average Bonchev–Trinajstić information content (AvgIpc) is 3.08. The third-order valence-corrected chi connectivity index (χ3v) is 4.97. The molecule has 7 heteroatoms. The van der Waals surface area contributed by atoms with E-state index in [4.69, 9.17) is 9.47 Å². The molecule has 7 nitrogen and oxygen atoms in total. The minimum absolute atomic E-state index is 0.0334. The molecule has 160 valence electrons. The second-order valence-electron chi connectivity index (χ2n) is 7.04. The number of benzene rings is 3. The maximum Gasteiger partial charge on any atom is 0.344 e. The summed E-state index contributed by atoms with van der Waals surface area (Å²) in [7, 11) is 0. The lowest BCUT2D eigenvalue weighted by Gasteiger charge is -2.14. The summed E-state index contributed by atoms with van der Waals surface area (Å²) in [5.74, 6) is -1.13. The highest BCUT2D eigenvalue weighted by Gasteiger charge is 2.34. The number of imide groups is 1. The number of carbonyl (C=O) groups is 4. The highest BCUT2D eigenvalue weighted by Crippen LogP contribution is 2.22. The van der Waals surface area contributed by atoms with Crippen LogP contribution in [-0.4, -0.2) is 48.2 Å². The van der Waals surface area contributed by atoms with Crippen molar-refractivity contribution >= 4 is 23.6 Å². The lowest BCUT2D eigenvalue weighted by atomic mass is 10.0. The summed E-state index contributed by atoms with van der Waals surface area (Å²) in [6.45, 7) is -0.499. The van der Waals surface area contributed by atoms with Crippen molar-refractivity contribution in [3.63, 3.8) is 0 Å². The Morgan fingerprint density at radius 2 is 1.28 bits per heavy atom. The molecule has 0 aromatic heterocycles. The molecule has 0 fully saturated rings. The summed E-state index contributed by atoms with van der Waals surface area (Å²) in [4.78, 5) is 50.0. The van der Waals surface area contributed by atoms with Gasteiger partial charge in [-0.1, -0.05) is 42.5 Å². The molecule has 0 bridgehead atoms. The van der Waals surface area contributed by atoms with Crippen LogP contribution in [0.3, 0.4) is 0 Å². The van der Waals surface area contributed by atoms with Crippen LogP contribution in [0.1, 0.15) is 36.6 Å². The Labute approximate surface area is 184 Å². The molecule has 32 heavy (non-hydrogen) atoms. The predicted octanol–water partition coefficient (Wildman–Crippen LogP) is 3.14. The van der Waals surface area contributed by atoms with Crippen LogP contribution in [0, 0.1) is 0 Å². The first-order valence-electron chi connectivity index (χ1n) is 9.98. The number of esters is 1. The van der Waals surface area contributed by atoms with Gasteiger partial charge in [0.2, 0.25) is 0 Å². The lowest BCUT2D eigenvalue weighted by molar-refractivity contribution is -0.146. The van der Waals surface area contributed by atoms with Crippen molar-refractivity contribution < 1.29 is 28.7 Å². The Bertz CT molecular complexity index is 1140. The minimum Gasteiger partial charge on any atom is -0.482 e. The first-order chi connectivity index (χ1) is 15.5. The maximum atomic E-state index is 12.4. The van der Waals surface area contributed by atoms with E-state index >= 15 is 0 Å². The summed E-state index contributed by atoms with van der Waals surface area (Å²) in [6, 6.07) is 21.9. The van der Waals surface area contributed by atoms with Crippen molar-refractivity contribution in [2.75, 3.05) is 19.8 Å². The Kier molecular flexibility index (Phi) is 6.07. The van der Waals surface area contributed by atoms with Gasteiger partial charge in [0.15, 0.2) is 12.4 Å². The largest absolute Gasteiger partial charge is 0.482 e. The van der Waals surface area contributed by atoms with Gasteiger partial charge in [-0.2, -0.15) is 0 Å². The smallest absolute Gasteiger partial charge is 0.344 e. The summed E-state index contributed by atoms with van der Waals surface area (Å²) in [6.07, 6.45) is 0. The lowest BCUT2D eigenvalue weighted by Crippen LogP contribution is -2.33. The van der Waals surface area contributed by atoms with Gasteiger partial charge in [0.25, 0.3) is 11.8 Å². The third kappa shape index (κ3) is 4.41. The van der Waals surface area contributed by atoms with E-state index in [2.05, 4.69) is 0 Å². The van der Waals surface area contributed by atoms with E-state index in [-0.39, 0.29) is 25.5 Å². The minimum atomic E-state index is -0.633. The van der Waals surface area contributed by atoms with Crippen LogP contribution >= 0.6 is 0 Å². The standard InChI is InChI=1S/C25H19NO6/c27-22(31-15-14-26-24(29)20-8-4-5-9-21(20)25(26)30)16-32-19-12-10-18(11-13-19)23(28)17-6-2-1-3-7-17/h1-13H,14-16H2.